The Morgan fingerprint density at radius 2 is 1.88 bits per heavy atom. The Morgan fingerprint density at radius 3 is 2.00 bits per heavy atom. The van der Waals surface area contributed by atoms with Gasteiger partial charge in [-0.1, -0.05) is 0 Å². The van der Waals surface area contributed by atoms with Crippen LogP contribution in [0.2, 0.25) is 0 Å². The van der Waals surface area contributed by atoms with Crippen molar-refractivity contribution in [2.24, 2.45) is 0 Å². The van der Waals surface area contributed by atoms with Gasteiger partial charge in [-0.25, -0.2) is 0 Å². The normalized spacial score (nSPS) is 12.1. The molecule has 0 saturated carbocycles. The molecule has 0 aromatic heterocycles. The van der Waals surface area contributed by atoms with Crippen molar-refractivity contribution < 1.29 is 24.6 Å². The molecule has 0 spiro atoms. The van der Waals surface area contributed by atoms with Crippen LogP contribution in [0.1, 0.15) is 0 Å². The van der Waals surface area contributed by atoms with Crippen LogP contribution in [0.5, 0.6) is 0 Å². The number of likely N-dealkylation sites (N-methyl/N-ethyl adjacent to an activating group) is 1. The van der Waals surface area contributed by atoms with Crippen molar-refractivity contribution in [2.75, 3.05) is 34.3 Å². The summed E-state index contributed by atoms with van der Waals surface area (Å²) in [6, 6.07) is 0. The van der Waals surface area contributed by atoms with Gasteiger partial charge in [0.05, 0.1) is 0 Å². The van der Waals surface area contributed by atoms with E-state index in [1.54, 1.807) is 0 Å². The second kappa shape index (κ2) is 3.46. The standard InChI is InChI=1S/C5H13NO.Cu/c1-6(2,3)4-5-7;/h4-5H2,1-3H3;/q;+1. The van der Waals surface area contributed by atoms with Crippen molar-refractivity contribution in [3.63, 3.8) is 0 Å². The molecular formula is C5H13CuNO+. The van der Waals surface area contributed by atoms with Gasteiger partial charge in [0.15, 0.2) is 0 Å². The monoisotopic (exact) mass is 166 g/mol. The van der Waals surface area contributed by atoms with Gasteiger partial charge in [-0.15, -0.1) is 0 Å². The van der Waals surface area contributed by atoms with Crippen LogP contribution in [0.3, 0.4) is 0 Å². The molecule has 0 aliphatic heterocycles. The SMILES string of the molecule is C[N+](C)(C)CC[O][Cu]. The summed E-state index contributed by atoms with van der Waals surface area (Å²) in [7, 11) is 6.31. The molecule has 2 nitrogen and oxygen atoms in total. The fourth-order valence-electron chi connectivity index (χ4n) is 0.301. The first-order chi connectivity index (χ1) is 3.56. The first kappa shape index (κ1) is 8.44. The molecule has 0 N–H and O–H groups in total. The zero-order valence-corrected chi connectivity index (χ0v) is 6.51. The van der Waals surface area contributed by atoms with E-state index in [4.69, 9.17) is 0 Å². The van der Waals surface area contributed by atoms with E-state index in [1.807, 2.05) is 0 Å². The minimum absolute atomic E-state index is 0.656. The van der Waals surface area contributed by atoms with Crippen molar-refractivity contribution >= 4 is 0 Å². The molecular weight excluding hydrogens is 154 g/mol. The minimum atomic E-state index is 0.656. The van der Waals surface area contributed by atoms with E-state index >= 15 is 0 Å². The third-order valence-corrected chi connectivity index (χ3v) is 1.02. The van der Waals surface area contributed by atoms with Crippen molar-refractivity contribution in [3.8, 4) is 0 Å². The Balaban J connectivity index is 3.11. The first-order valence-corrected chi connectivity index (χ1v) is 2.95. The molecule has 0 atom stereocenters. The van der Waals surface area contributed by atoms with Crippen molar-refractivity contribution in [2.45, 2.75) is 0 Å². The molecule has 0 heterocycles. The quantitative estimate of drug-likeness (QED) is 0.429. The molecule has 0 aliphatic carbocycles. The zero-order valence-electron chi connectivity index (χ0n) is 5.57. The molecule has 0 rings (SSSR count). The van der Waals surface area contributed by atoms with Crippen LogP contribution in [-0.4, -0.2) is 38.8 Å². The zero-order chi connectivity index (χ0) is 6.62. The third kappa shape index (κ3) is 6.44. The molecule has 3 heteroatoms. The van der Waals surface area contributed by atoms with Crippen molar-refractivity contribution in [1.82, 2.24) is 0 Å². The van der Waals surface area contributed by atoms with Gasteiger partial charge in [0.1, 0.15) is 0 Å². The van der Waals surface area contributed by atoms with Crippen LogP contribution in [0.15, 0.2) is 0 Å². The van der Waals surface area contributed by atoms with E-state index in [2.05, 4.69) is 41.3 Å². The van der Waals surface area contributed by atoms with Crippen LogP contribution in [-0.2, 0) is 20.2 Å². The summed E-state index contributed by atoms with van der Waals surface area (Å²) in [6.45, 7) is 1.63. The van der Waals surface area contributed by atoms with Gasteiger partial charge < -0.3 is 0 Å². The topological polar surface area (TPSA) is 9.23 Å². The Morgan fingerprint density at radius 1 is 1.38 bits per heavy atom. The van der Waals surface area contributed by atoms with E-state index in [1.165, 1.54) is 0 Å². The Bertz CT molecular complexity index is 59.9. The van der Waals surface area contributed by atoms with Gasteiger partial charge in [-0.05, 0) is 0 Å². The predicted molar refractivity (Wildman–Crippen MR) is 28.9 cm³/mol. The summed E-state index contributed by atoms with van der Waals surface area (Å²) in [4.78, 5) is 0. The van der Waals surface area contributed by atoms with Crippen molar-refractivity contribution in [3.05, 3.63) is 0 Å². The summed E-state index contributed by atoms with van der Waals surface area (Å²) in [5.74, 6) is 0. The first-order valence-electron chi connectivity index (χ1n) is 2.57. The molecule has 0 aromatic carbocycles. The molecule has 8 heavy (non-hydrogen) atoms. The third-order valence-electron chi connectivity index (χ3n) is 0.824. The Kier molecular flexibility index (Phi) is 3.65. The molecule has 54 valence electrons. The van der Waals surface area contributed by atoms with Gasteiger partial charge in [0.2, 0.25) is 0 Å². The van der Waals surface area contributed by atoms with Gasteiger partial charge in [-0.3, -0.25) is 0 Å². The number of hydrogen-bond acceptors (Lipinski definition) is 1. The van der Waals surface area contributed by atoms with E-state index in [-0.39, 0.29) is 0 Å². The average Bonchev–Trinajstić information content (AvgIpc) is 1.59. The number of rotatable bonds is 3. The average molecular weight is 167 g/mol. The maximum atomic E-state index is 4.46. The van der Waals surface area contributed by atoms with E-state index in [0.29, 0.717) is 6.61 Å². The van der Waals surface area contributed by atoms with Crippen LogP contribution in [0, 0.1) is 0 Å². The fourth-order valence-corrected chi connectivity index (χ4v) is 0.387. The summed E-state index contributed by atoms with van der Waals surface area (Å²) in [6.07, 6.45) is 0. The Labute approximate surface area is 59.5 Å². The molecule has 0 bridgehead atoms. The predicted octanol–water partition coefficient (Wildman–Crippen LogP) is 0.171. The molecule has 0 saturated heterocycles. The van der Waals surface area contributed by atoms with E-state index in [0.717, 1.165) is 11.0 Å². The van der Waals surface area contributed by atoms with Crippen LogP contribution < -0.4 is 0 Å². The molecule has 0 fully saturated rings. The summed E-state index contributed by atoms with van der Waals surface area (Å²) in [5.41, 5.74) is 0. The summed E-state index contributed by atoms with van der Waals surface area (Å²) < 4.78 is 5.37. The summed E-state index contributed by atoms with van der Waals surface area (Å²) >= 11 is 4.44. The molecule has 0 aliphatic rings. The van der Waals surface area contributed by atoms with E-state index < -0.39 is 0 Å². The van der Waals surface area contributed by atoms with Crippen LogP contribution in [0.25, 0.3) is 0 Å². The number of quaternary nitrogens is 1. The number of nitrogens with zero attached hydrogens (tertiary/aromatic N) is 1. The van der Waals surface area contributed by atoms with Crippen molar-refractivity contribution in [1.29, 1.82) is 0 Å². The van der Waals surface area contributed by atoms with Gasteiger partial charge in [0.25, 0.3) is 0 Å². The molecule has 0 radical (unpaired) electrons. The Hall–Kier alpha value is 0.439. The second-order valence-electron chi connectivity index (χ2n) is 2.81. The van der Waals surface area contributed by atoms with E-state index in [9.17, 15) is 0 Å². The van der Waals surface area contributed by atoms with Crippen LogP contribution in [0.4, 0.5) is 0 Å². The molecule has 0 amide bonds. The van der Waals surface area contributed by atoms with Crippen LogP contribution >= 0.6 is 0 Å². The molecule has 0 unspecified atom stereocenters. The fraction of sp³-hybridized carbons (Fsp3) is 1.00. The van der Waals surface area contributed by atoms with Gasteiger partial charge in [0, 0.05) is 0 Å². The molecule has 0 aromatic rings. The second-order valence-corrected chi connectivity index (χ2v) is 3.08. The van der Waals surface area contributed by atoms with Gasteiger partial charge >= 0.3 is 58.9 Å². The maximum absolute atomic E-state index is 4.46. The number of hydrogen-bond donors (Lipinski definition) is 0. The summed E-state index contributed by atoms with van der Waals surface area (Å²) in [5, 5.41) is 0. The van der Waals surface area contributed by atoms with Gasteiger partial charge in [-0.2, -0.15) is 0 Å².